The fourth-order valence-electron chi connectivity index (χ4n) is 0.635. The molecule has 0 saturated carbocycles. The second kappa shape index (κ2) is 4.20. The maximum atomic E-state index is 5.14. The summed E-state index contributed by atoms with van der Waals surface area (Å²) in [6, 6.07) is 4.74. The van der Waals surface area contributed by atoms with Crippen LogP contribution in [0.4, 0.5) is 0 Å². The molecule has 1 aromatic rings. The van der Waals surface area contributed by atoms with Gasteiger partial charge < -0.3 is 4.42 Å². The molecule has 1 rings (SSSR count). The minimum atomic E-state index is 0. The van der Waals surface area contributed by atoms with Gasteiger partial charge in [0.05, 0.1) is 0 Å². The molecule has 0 saturated heterocycles. The van der Waals surface area contributed by atoms with Crippen molar-refractivity contribution in [2.24, 2.45) is 0 Å². The Hall–Kier alpha value is 1.09. The van der Waals surface area contributed by atoms with Crippen LogP contribution < -0.4 is 58.2 Å². The van der Waals surface area contributed by atoms with Gasteiger partial charge in [-0.05, 0) is 17.4 Å². The third kappa shape index (κ3) is 2.99. The van der Waals surface area contributed by atoms with Crippen LogP contribution in [0.3, 0.4) is 0 Å². The van der Waals surface area contributed by atoms with E-state index < -0.39 is 0 Å². The Morgan fingerprint density at radius 2 is 2.00 bits per heavy atom. The van der Waals surface area contributed by atoms with Crippen LogP contribution in [-0.2, 0) is 5.41 Å². The SMILES string of the molecule is CC(C)(C)c1c[c-]co1.[Rb+]. The largest absolute Gasteiger partial charge is 1.00 e. The van der Waals surface area contributed by atoms with Crippen molar-refractivity contribution in [2.45, 2.75) is 26.2 Å². The van der Waals surface area contributed by atoms with E-state index in [1.54, 1.807) is 6.26 Å². The number of furan rings is 1. The fourth-order valence-corrected chi connectivity index (χ4v) is 0.635. The molecule has 0 aliphatic rings. The molecule has 0 bridgehead atoms. The van der Waals surface area contributed by atoms with Gasteiger partial charge in [0.2, 0.25) is 0 Å². The summed E-state index contributed by atoms with van der Waals surface area (Å²) in [7, 11) is 0. The molecular formula is C8H11ORb. The Kier molecular flexibility index (Phi) is 4.65. The molecule has 10 heavy (non-hydrogen) atoms. The zero-order valence-electron chi connectivity index (χ0n) is 7.06. The van der Waals surface area contributed by atoms with Crippen LogP contribution >= 0.6 is 0 Å². The quantitative estimate of drug-likeness (QED) is 0.518. The molecule has 1 aromatic heterocycles. The molecule has 0 unspecified atom stereocenters. The van der Waals surface area contributed by atoms with E-state index >= 15 is 0 Å². The predicted octanol–water partition coefficient (Wildman–Crippen LogP) is -0.619. The number of hydrogen-bond acceptors (Lipinski definition) is 1. The first-order valence-corrected chi connectivity index (χ1v) is 3.06. The average Bonchev–Trinajstić information content (AvgIpc) is 2.08. The van der Waals surface area contributed by atoms with Gasteiger partial charge in [0.25, 0.3) is 0 Å². The van der Waals surface area contributed by atoms with Crippen molar-refractivity contribution in [3.8, 4) is 0 Å². The minimum absolute atomic E-state index is 0. The summed E-state index contributed by atoms with van der Waals surface area (Å²) in [6.45, 7) is 6.33. The molecule has 1 heterocycles. The molecule has 0 aliphatic heterocycles. The molecule has 1 nitrogen and oxygen atoms in total. The summed E-state index contributed by atoms with van der Waals surface area (Å²) in [5.41, 5.74) is 0.125. The summed E-state index contributed by atoms with van der Waals surface area (Å²) < 4.78 is 5.14. The molecule has 0 aromatic carbocycles. The minimum Gasteiger partial charge on any atom is -0.573 e. The molecular weight excluding hydrogens is 198 g/mol. The third-order valence-corrected chi connectivity index (χ3v) is 1.21. The van der Waals surface area contributed by atoms with E-state index in [1.807, 2.05) is 6.07 Å². The van der Waals surface area contributed by atoms with Crippen LogP contribution in [0, 0.1) is 6.07 Å². The number of rotatable bonds is 0. The zero-order valence-corrected chi connectivity index (χ0v) is 12.0. The van der Waals surface area contributed by atoms with Crippen molar-refractivity contribution in [1.29, 1.82) is 0 Å². The predicted molar refractivity (Wildman–Crippen MR) is 36.2 cm³/mol. The molecule has 0 amide bonds. The summed E-state index contributed by atoms with van der Waals surface area (Å²) in [6.07, 6.45) is 1.58. The van der Waals surface area contributed by atoms with E-state index in [9.17, 15) is 0 Å². The third-order valence-electron chi connectivity index (χ3n) is 1.21. The zero-order chi connectivity index (χ0) is 6.91. The number of hydrogen-bond donors (Lipinski definition) is 0. The van der Waals surface area contributed by atoms with Crippen molar-refractivity contribution >= 4 is 0 Å². The summed E-state index contributed by atoms with van der Waals surface area (Å²) in [5.74, 6) is 0.988. The maximum absolute atomic E-state index is 5.14. The van der Waals surface area contributed by atoms with Crippen molar-refractivity contribution in [2.75, 3.05) is 0 Å². The van der Waals surface area contributed by atoms with Crippen LogP contribution in [0.2, 0.25) is 0 Å². The smallest absolute Gasteiger partial charge is 0.573 e. The summed E-state index contributed by atoms with van der Waals surface area (Å²) in [5, 5.41) is 0. The summed E-state index contributed by atoms with van der Waals surface area (Å²) in [4.78, 5) is 0. The summed E-state index contributed by atoms with van der Waals surface area (Å²) >= 11 is 0. The van der Waals surface area contributed by atoms with Crippen molar-refractivity contribution in [1.82, 2.24) is 0 Å². The van der Waals surface area contributed by atoms with E-state index in [4.69, 9.17) is 4.42 Å². The van der Waals surface area contributed by atoms with Crippen molar-refractivity contribution in [3.05, 3.63) is 24.2 Å². The Morgan fingerprint density at radius 1 is 1.40 bits per heavy atom. The van der Waals surface area contributed by atoms with E-state index in [1.165, 1.54) is 0 Å². The normalized spacial score (nSPS) is 10.7. The van der Waals surface area contributed by atoms with Crippen molar-refractivity contribution < 1.29 is 62.6 Å². The first kappa shape index (κ1) is 11.1. The van der Waals surface area contributed by atoms with Gasteiger partial charge >= 0.3 is 58.2 Å². The second-order valence-electron chi connectivity index (χ2n) is 3.16. The van der Waals surface area contributed by atoms with E-state index in [0.717, 1.165) is 5.76 Å². The maximum Gasteiger partial charge on any atom is 1.00 e. The molecule has 0 spiro atoms. The molecule has 0 N–H and O–H groups in total. The molecule has 0 atom stereocenters. The Bertz CT molecular complexity index is 172. The molecule has 0 radical (unpaired) electrons. The van der Waals surface area contributed by atoms with Gasteiger partial charge in [-0.25, -0.2) is 6.07 Å². The van der Waals surface area contributed by atoms with Gasteiger partial charge in [-0.1, -0.05) is 20.8 Å². The molecule has 2 heteroatoms. The van der Waals surface area contributed by atoms with E-state index in [-0.39, 0.29) is 63.6 Å². The van der Waals surface area contributed by atoms with Gasteiger partial charge in [-0.3, -0.25) is 0 Å². The molecule has 50 valence electrons. The van der Waals surface area contributed by atoms with Gasteiger partial charge in [0, 0.05) is 0 Å². The Morgan fingerprint density at radius 3 is 2.20 bits per heavy atom. The van der Waals surface area contributed by atoms with Gasteiger partial charge in [0.1, 0.15) is 0 Å². The first-order chi connectivity index (χ1) is 4.11. The van der Waals surface area contributed by atoms with Crippen LogP contribution in [0.1, 0.15) is 26.5 Å². The van der Waals surface area contributed by atoms with Gasteiger partial charge in [-0.15, -0.1) is 0 Å². The topological polar surface area (TPSA) is 13.1 Å². The first-order valence-electron chi connectivity index (χ1n) is 3.06. The van der Waals surface area contributed by atoms with E-state index in [2.05, 4.69) is 26.8 Å². The van der Waals surface area contributed by atoms with E-state index in [0.29, 0.717) is 0 Å². The van der Waals surface area contributed by atoms with Gasteiger partial charge in [0.15, 0.2) is 0 Å². The van der Waals surface area contributed by atoms with Crippen LogP contribution in [0.5, 0.6) is 0 Å². The second-order valence-corrected chi connectivity index (χ2v) is 3.16. The van der Waals surface area contributed by atoms with Crippen LogP contribution in [-0.4, -0.2) is 0 Å². The molecule has 0 aliphatic carbocycles. The standard InChI is InChI=1S/C8H11O.Rb/c1-8(2,3)7-5-4-6-9-7;/h5-6H,1-3H3;/q-1;+1. The molecule has 0 fully saturated rings. The van der Waals surface area contributed by atoms with Gasteiger partial charge in [-0.2, -0.15) is 6.07 Å². The average molecular weight is 209 g/mol. The monoisotopic (exact) mass is 208 g/mol. The van der Waals surface area contributed by atoms with Crippen molar-refractivity contribution in [3.63, 3.8) is 0 Å². The van der Waals surface area contributed by atoms with Crippen LogP contribution in [0.25, 0.3) is 0 Å². The Balaban J connectivity index is 0.000000810. The fraction of sp³-hybridized carbons (Fsp3) is 0.500. The Labute approximate surface area is 111 Å². The van der Waals surface area contributed by atoms with Crippen LogP contribution in [0.15, 0.2) is 16.7 Å².